The van der Waals surface area contributed by atoms with Crippen LogP contribution < -0.4 is 9.47 Å². The Morgan fingerprint density at radius 3 is 2.45 bits per heavy atom. The summed E-state index contributed by atoms with van der Waals surface area (Å²) in [6.45, 7) is 4.02. The summed E-state index contributed by atoms with van der Waals surface area (Å²) in [6.07, 6.45) is -0.106. The van der Waals surface area contributed by atoms with Crippen LogP contribution in [0.2, 0.25) is 0 Å². The van der Waals surface area contributed by atoms with Gasteiger partial charge in [0.15, 0.2) is 11.5 Å². The molecule has 0 N–H and O–H groups in total. The number of rotatable bonds is 5. The Labute approximate surface area is 126 Å². The van der Waals surface area contributed by atoms with Crippen molar-refractivity contribution in [1.29, 1.82) is 0 Å². The van der Waals surface area contributed by atoms with Gasteiger partial charge < -0.3 is 9.47 Å². The summed E-state index contributed by atoms with van der Waals surface area (Å²) in [4.78, 5) is 0. The maximum atomic E-state index is 14.3. The second kappa shape index (κ2) is 6.75. The van der Waals surface area contributed by atoms with E-state index in [0.29, 0.717) is 11.1 Å². The van der Waals surface area contributed by atoms with Crippen LogP contribution in [0.5, 0.6) is 11.5 Å². The van der Waals surface area contributed by atoms with Gasteiger partial charge in [-0.05, 0) is 47.5 Å². The lowest BCUT2D eigenvalue weighted by molar-refractivity contribution is 0.221. The molecule has 0 aliphatic carbocycles. The molecule has 0 aliphatic heterocycles. The molecule has 106 valence electrons. The van der Waals surface area contributed by atoms with E-state index >= 15 is 0 Å². The number of ether oxygens (including phenoxy) is 2. The minimum atomic E-state index is -0.482. The van der Waals surface area contributed by atoms with Gasteiger partial charge in [0, 0.05) is 0 Å². The van der Waals surface area contributed by atoms with E-state index in [4.69, 9.17) is 9.47 Å². The van der Waals surface area contributed by atoms with E-state index in [1.165, 1.54) is 0 Å². The third-order valence-electron chi connectivity index (χ3n) is 2.60. The fourth-order valence-corrected chi connectivity index (χ4v) is 2.10. The van der Waals surface area contributed by atoms with Crippen molar-refractivity contribution in [3.05, 3.63) is 58.3 Å². The first-order chi connectivity index (χ1) is 9.58. The highest BCUT2D eigenvalue weighted by atomic mass is 79.9. The summed E-state index contributed by atoms with van der Waals surface area (Å²) in [6, 6.07) is 13.0. The van der Waals surface area contributed by atoms with E-state index in [0.717, 1.165) is 5.56 Å². The zero-order valence-electron chi connectivity index (χ0n) is 11.4. The Hall–Kier alpha value is -1.55. The van der Waals surface area contributed by atoms with E-state index in [1.54, 1.807) is 12.1 Å². The highest BCUT2D eigenvalue weighted by Crippen LogP contribution is 2.35. The van der Waals surface area contributed by atoms with Gasteiger partial charge in [-0.15, -0.1) is 0 Å². The normalized spacial score (nSPS) is 10.7. The minimum absolute atomic E-state index is 0.106. The summed E-state index contributed by atoms with van der Waals surface area (Å²) in [7, 11) is 0. The van der Waals surface area contributed by atoms with Crippen LogP contribution in [0.4, 0.5) is 4.39 Å². The lowest BCUT2D eigenvalue weighted by Crippen LogP contribution is -2.08. The molecule has 0 heterocycles. The fraction of sp³-hybridized carbons (Fsp3) is 0.250. The largest absolute Gasteiger partial charge is 0.487 e. The summed E-state index contributed by atoms with van der Waals surface area (Å²) in [5, 5.41) is 0. The highest BCUT2D eigenvalue weighted by Gasteiger charge is 2.16. The van der Waals surface area contributed by atoms with Gasteiger partial charge in [-0.1, -0.05) is 30.3 Å². The third kappa shape index (κ3) is 3.73. The van der Waals surface area contributed by atoms with Crippen molar-refractivity contribution in [1.82, 2.24) is 0 Å². The predicted molar refractivity (Wildman–Crippen MR) is 80.6 cm³/mol. The number of benzene rings is 2. The smallest absolute Gasteiger partial charge is 0.208 e. The summed E-state index contributed by atoms with van der Waals surface area (Å²) in [5.41, 5.74) is 0.987. The molecule has 0 atom stereocenters. The van der Waals surface area contributed by atoms with Crippen LogP contribution in [0.25, 0.3) is 0 Å². The van der Waals surface area contributed by atoms with E-state index < -0.39 is 5.82 Å². The van der Waals surface area contributed by atoms with Gasteiger partial charge in [0.1, 0.15) is 6.61 Å². The molecule has 0 fully saturated rings. The summed E-state index contributed by atoms with van der Waals surface area (Å²) in [5.74, 6) is -0.109. The first kappa shape index (κ1) is 14.9. The molecule has 4 heteroatoms. The van der Waals surface area contributed by atoms with Crippen LogP contribution in [-0.4, -0.2) is 6.10 Å². The van der Waals surface area contributed by atoms with Crippen molar-refractivity contribution >= 4 is 15.9 Å². The molecule has 2 rings (SSSR count). The van der Waals surface area contributed by atoms with Crippen LogP contribution in [0.3, 0.4) is 0 Å². The molecule has 2 aromatic rings. The lowest BCUT2D eigenvalue weighted by Gasteiger charge is -2.15. The Morgan fingerprint density at radius 1 is 1.10 bits per heavy atom. The number of hydrogen-bond donors (Lipinski definition) is 0. The predicted octanol–water partition coefficient (Wildman–Crippen LogP) is 4.95. The van der Waals surface area contributed by atoms with Crippen LogP contribution in [0.15, 0.2) is 46.9 Å². The molecule has 0 radical (unpaired) electrons. The summed E-state index contributed by atoms with van der Waals surface area (Å²) >= 11 is 3.29. The van der Waals surface area contributed by atoms with Gasteiger partial charge in [0.25, 0.3) is 0 Å². The highest BCUT2D eigenvalue weighted by molar-refractivity contribution is 9.10. The maximum Gasteiger partial charge on any atom is 0.208 e. The average molecular weight is 339 g/mol. The van der Waals surface area contributed by atoms with Crippen molar-refractivity contribution in [3.63, 3.8) is 0 Å². The molecule has 0 spiro atoms. The average Bonchev–Trinajstić information content (AvgIpc) is 2.43. The second-order valence-electron chi connectivity index (χ2n) is 4.63. The van der Waals surface area contributed by atoms with Crippen LogP contribution in [0, 0.1) is 5.82 Å². The first-order valence-corrected chi connectivity index (χ1v) is 7.18. The third-order valence-corrected chi connectivity index (χ3v) is 3.23. The molecule has 2 aromatic carbocycles. The van der Waals surface area contributed by atoms with Gasteiger partial charge >= 0.3 is 0 Å². The quantitative estimate of drug-likeness (QED) is 0.767. The summed E-state index contributed by atoms with van der Waals surface area (Å²) < 4.78 is 25.9. The molecular weight excluding hydrogens is 323 g/mol. The van der Waals surface area contributed by atoms with E-state index in [9.17, 15) is 4.39 Å². The molecule has 0 saturated heterocycles. The van der Waals surface area contributed by atoms with Crippen LogP contribution in [-0.2, 0) is 6.61 Å². The molecule has 0 bridgehead atoms. The zero-order chi connectivity index (χ0) is 14.5. The monoisotopic (exact) mass is 338 g/mol. The van der Waals surface area contributed by atoms with E-state index in [2.05, 4.69) is 15.9 Å². The number of hydrogen-bond acceptors (Lipinski definition) is 2. The van der Waals surface area contributed by atoms with Gasteiger partial charge in [-0.25, -0.2) is 0 Å². The second-order valence-corrected chi connectivity index (χ2v) is 5.48. The van der Waals surface area contributed by atoms with Crippen molar-refractivity contribution in [2.45, 2.75) is 26.6 Å². The molecule has 0 aromatic heterocycles. The molecule has 0 unspecified atom stereocenters. The molecule has 0 aliphatic rings. The fourth-order valence-electron chi connectivity index (χ4n) is 1.70. The maximum absolute atomic E-state index is 14.3. The topological polar surface area (TPSA) is 18.5 Å². The molecule has 0 amide bonds. The Morgan fingerprint density at radius 2 is 1.80 bits per heavy atom. The Bertz CT molecular complexity index is 570. The Kier molecular flexibility index (Phi) is 5.01. The van der Waals surface area contributed by atoms with Gasteiger partial charge in [-0.3, -0.25) is 0 Å². The Balaban J connectivity index is 2.16. The van der Waals surface area contributed by atoms with Crippen LogP contribution >= 0.6 is 15.9 Å². The number of halogens is 2. The molecule has 0 saturated carbocycles. The first-order valence-electron chi connectivity index (χ1n) is 6.39. The lowest BCUT2D eigenvalue weighted by atomic mass is 10.2. The van der Waals surface area contributed by atoms with Gasteiger partial charge in [-0.2, -0.15) is 4.39 Å². The van der Waals surface area contributed by atoms with E-state index in [1.807, 2.05) is 44.2 Å². The molecule has 20 heavy (non-hydrogen) atoms. The molecule has 2 nitrogen and oxygen atoms in total. The van der Waals surface area contributed by atoms with Crippen molar-refractivity contribution < 1.29 is 13.9 Å². The zero-order valence-corrected chi connectivity index (χ0v) is 13.0. The minimum Gasteiger partial charge on any atom is -0.487 e. The van der Waals surface area contributed by atoms with Gasteiger partial charge in [0.2, 0.25) is 5.82 Å². The van der Waals surface area contributed by atoms with E-state index in [-0.39, 0.29) is 17.6 Å². The standard InChI is InChI=1S/C16H16BrFO2/c1-11(2)20-16-13(17)8-9-14(15(16)18)19-10-12-6-4-3-5-7-12/h3-9,11H,10H2,1-2H3. The van der Waals surface area contributed by atoms with Crippen molar-refractivity contribution in [3.8, 4) is 11.5 Å². The van der Waals surface area contributed by atoms with Crippen LogP contribution in [0.1, 0.15) is 19.4 Å². The molecular formula is C16H16BrFO2. The SMILES string of the molecule is CC(C)Oc1c(Br)ccc(OCc2ccccc2)c1F. The van der Waals surface area contributed by atoms with Gasteiger partial charge in [0.05, 0.1) is 10.6 Å². The van der Waals surface area contributed by atoms with Crippen molar-refractivity contribution in [2.75, 3.05) is 0 Å². The van der Waals surface area contributed by atoms with Crippen molar-refractivity contribution in [2.24, 2.45) is 0 Å².